The minimum atomic E-state index is -4.25. The molecule has 0 aliphatic heterocycles. The first-order valence-electron chi connectivity index (χ1n) is 14.3. The highest BCUT2D eigenvalue weighted by molar-refractivity contribution is 7.92. The third-order valence-electron chi connectivity index (χ3n) is 7.02. The molecular weight excluding hydrogens is 653 g/mol. The van der Waals surface area contributed by atoms with Crippen molar-refractivity contribution in [1.82, 2.24) is 10.2 Å². The highest BCUT2D eigenvalue weighted by Crippen LogP contribution is 2.31. The first-order valence-corrected chi connectivity index (χ1v) is 16.9. The molecule has 0 unspecified atom stereocenters. The molecule has 236 valence electrons. The van der Waals surface area contributed by atoms with Crippen LogP contribution >= 0.6 is 34.8 Å². The molecule has 0 bridgehead atoms. The summed E-state index contributed by atoms with van der Waals surface area (Å²) in [6.45, 7) is 3.68. The summed E-state index contributed by atoms with van der Waals surface area (Å²) in [6, 6.07) is 27.5. The van der Waals surface area contributed by atoms with E-state index in [1.165, 1.54) is 23.1 Å². The molecule has 4 aromatic carbocycles. The molecule has 1 N–H and O–H groups in total. The van der Waals surface area contributed by atoms with Crippen LogP contribution in [0.5, 0.6) is 0 Å². The van der Waals surface area contributed by atoms with Crippen LogP contribution in [0.1, 0.15) is 25.0 Å². The predicted octanol–water partition coefficient (Wildman–Crippen LogP) is 7.25. The van der Waals surface area contributed by atoms with E-state index < -0.39 is 28.5 Å². The average Bonchev–Trinajstić information content (AvgIpc) is 3.03. The molecule has 2 amide bonds. The topological polar surface area (TPSA) is 86.8 Å². The van der Waals surface area contributed by atoms with E-state index in [9.17, 15) is 18.0 Å². The van der Waals surface area contributed by atoms with Crippen LogP contribution in [0.3, 0.4) is 0 Å². The highest BCUT2D eigenvalue weighted by Gasteiger charge is 2.35. The van der Waals surface area contributed by atoms with Gasteiger partial charge in [-0.15, -0.1) is 0 Å². The second kappa shape index (κ2) is 15.6. The van der Waals surface area contributed by atoms with E-state index in [-0.39, 0.29) is 45.4 Å². The second-order valence-corrected chi connectivity index (χ2v) is 14.0. The SMILES string of the molecule is CC(C)CNC(=O)[C@H](Cc1ccccc1)N(Cc1ccc(Cl)c(Cl)c1)C(=O)CN(c1ccccc1Cl)S(=O)(=O)c1ccccc1. The third kappa shape index (κ3) is 9.01. The fraction of sp³-hybridized carbons (Fsp3) is 0.235. The third-order valence-corrected chi connectivity index (χ3v) is 9.86. The summed E-state index contributed by atoms with van der Waals surface area (Å²) in [5.74, 6) is -0.811. The van der Waals surface area contributed by atoms with Gasteiger partial charge in [0.2, 0.25) is 11.8 Å². The normalized spacial score (nSPS) is 12.0. The number of amides is 2. The van der Waals surface area contributed by atoms with Crippen molar-refractivity contribution in [2.75, 3.05) is 17.4 Å². The summed E-state index contributed by atoms with van der Waals surface area (Å²) in [6.07, 6.45) is 0.190. The lowest BCUT2D eigenvalue weighted by Gasteiger charge is -2.34. The Morgan fingerprint density at radius 3 is 2.00 bits per heavy atom. The Bertz CT molecular complexity index is 1720. The van der Waals surface area contributed by atoms with Crippen LogP contribution in [0.25, 0.3) is 0 Å². The monoisotopic (exact) mass is 685 g/mol. The number of sulfonamides is 1. The Hall–Kier alpha value is -3.56. The molecule has 11 heteroatoms. The van der Waals surface area contributed by atoms with Crippen molar-refractivity contribution in [2.45, 2.75) is 37.8 Å². The van der Waals surface area contributed by atoms with Crippen molar-refractivity contribution in [1.29, 1.82) is 0 Å². The zero-order valence-corrected chi connectivity index (χ0v) is 28.0. The van der Waals surface area contributed by atoms with Crippen LogP contribution in [-0.2, 0) is 32.6 Å². The molecule has 0 radical (unpaired) electrons. The number of hydrogen-bond acceptors (Lipinski definition) is 4. The van der Waals surface area contributed by atoms with Gasteiger partial charge in [-0.1, -0.05) is 115 Å². The fourth-order valence-electron chi connectivity index (χ4n) is 4.70. The number of nitrogens with one attached hydrogen (secondary N) is 1. The van der Waals surface area contributed by atoms with Gasteiger partial charge in [0.1, 0.15) is 12.6 Å². The molecule has 0 aliphatic rings. The first-order chi connectivity index (χ1) is 21.5. The Labute approximate surface area is 279 Å². The molecule has 4 aromatic rings. The molecule has 0 aliphatic carbocycles. The molecule has 1 atom stereocenters. The van der Waals surface area contributed by atoms with Crippen molar-refractivity contribution < 1.29 is 18.0 Å². The number of hydrogen-bond donors (Lipinski definition) is 1. The van der Waals surface area contributed by atoms with Gasteiger partial charge in [-0.2, -0.15) is 0 Å². The number of benzene rings is 4. The van der Waals surface area contributed by atoms with Gasteiger partial charge in [0, 0.05) is 19.5 Å². The maximum absolute atomic E-state index is 14.5. The summed E-state index contributed by atoms with van der Waals surface area (Å²) in [7, 11) is -4.25. The van der Waals surface area contributed by atoms with E-state index in [1.54, 1.807) is 54.6 Å². The Morgan fingerprint density at radius 2 is 1.38 bits per heavy atom. The van der Waals surface area contributed by atoms with E-state index in [0.717, 1.165) is 9.87 Å². The number of carbonyl (C=O) groups excluding carboxylic acids is 2. The molecule has 4 rings (SSSR count). The van der Waals surface area contributed by atoms with Crippen molar-refractivity contribution in [2.24, 2.45) is 5.92 Å². The number of carbonyl (C=O) groups is 2. The van der Waals surface area contributed by atoms with Crippen molar-refractivity contribution >= 4 is 62.3 Å². The molecule has 0 fully saturated rings. The maximum atomic E-state index is 14.5. The molecule has 0 aromatic heterocycles. The van der Waals surface area contributed by atoms with Crippen LogP contribution in [0.2, 0.25) is 15.1 Å². The number of para-hydroxylation sites is 1. The quantitative estimate of drug-likeness (QED) is 0.161. The molecule has 7 nitrogen and oxygen atoms in total. The lowest BCUT2D eigenvalue weighted by atomic mass is 10.0. The van der Waals surface area contributed by atoms with E-state index >= 15 is 0 Å². The standard InChI is InChI=1S/C34H34Cl3N3O4S/c1-24(2)21-38-34(42)32(20-25-11-5-3-6-12-25)39(22-26-17-18-28(35)30(37)19-26)33(41)23-40(31-16-10-9-15-29(31)36)45(43,44)27-13-7-4-8-14-27/h3-19,24,32H,20-23H2,1-2H3,(H,38,42)/t32-/m0/s1. The minimum Gasteiger partial charge on any atom is -0.354 e. The van der Waals surface area contributed by atoms with Crippen LogP contribution in [0, 0.1) is 5.92 Å². The average molecular weight is 687 g/mol. The number of halogens is 3. The molecule has 0 saturated heterocycles. The van der Waals surface area contributed by atoms with Gasteiger partial charge in [0.25, 0.3) is 10.0 Å². The zero-order chi connectivity index (χ0) is 32.6. The zero-order valence-electron chi connectivity index (χ0n) is 24.9. The van der Waals surface area contributed by atoms with E-state index in [1.807, 2.05) is 44.2 Å². The lowest BCUT2D eigenvalue weighted by Crippen LogP contribution is -2.53. The summed E-state index contributed by atoms with van der Waals surface area (Å²) < 4.78 is 29.1. The van der Waals surface area contributed by atoms with Gasteiger partial charge >= 0.3 is 0 Å². The molecule has 0 spiro atoms. The number of anilines is 1. The number of rotatable bonds is 13. The van der Waals surface area contributed by atoms with E-state index in [2.05, 4.69) is 5.32 Å². The molecular formula is C34H34Cl3N3O4S. The summed E-state index contributed by atoms with van der Waals surface area (Å²) in [5.41, 5.74) is 1.58. The first kappa shape index (κ1) is 34.3. The molecule has 0 saturated carbocycles. The molecule has 0 heterocycles. The van der Waals surface area contributed by atoms with Crippen molar-refractivity contribution in [3.8, 4) is 0 Å². The smallest absolute Gasteiger partial charge is 0.264 e. The van der Waals surface area contributed by atoms with Crippen LogP contribution in [-0.4, -0.2) is 44.3 Å². The van der Waals surface area contributed by atoms with Crippen LogP contribution in [0.4, 0.5) is 5.69 Å². The fourth-order valence-corrected chi connectivity index (χ4v) is 6.76. The largest absolute Gasteiger partial charge is 0.354 e. The Morgan fingerprint density at radius 1 is 0.756 bits per heavy atom. The molecule has 45 heavy (non-hydrogen) atoms. The predicted molar refractivity (Wildman–Crippen MR) is 181 cm³/mol. The number of nitrogens with zero attached hydrogens (tertiary/aromatic N) is 2. The van der Waals surface area contributed by atoms with E-state index in [4.69, 9.17) is 34.8 Å². The minimum absolute atomic E-state index is 0.00994. The van der Waals surface area contributed by atoms with Gasteiger partial charge in [-0.25, -0.2) is 8.42 Å². The Kier molecular flexibility index (Phi) is 11.9. The van der Waals surface area contributed by atoms with Gasteiger partial charge in [0.05, 0.1) is 25.7 Å². The Balaban J connectivity index is 1.81. The van der Waals surface area contributed by atoms with Crippen LogP contribution < -0.4 is 9.62 Å². The van der Waals surface area contributed by atoms with Crippen molar-refractivity contribution in [3.63, 3.8) is 0 Å². The summed E-state index contributed by atoms with van der Waals surface area (Å²) in [5, 5.41) is 3.74. The van der Waals surface area contributed by atoms with E-state index in [0.29, 0.717) is 17.1 Å². The summed E-state index contributed by atoms with van der Waals surface area (Å²) in [4.78, 5) is 29.7. The van der Waals surface area contributed by atoms with Gasteiger partial charge in [0.15, 0.2) is 0 Å². The lowest BCUT2D eigenvalue weighted by molar-refractivity contribution is -0.140. The summed E-state index contributed by atoms with van der Waals surface area (Å²) >= 11 is 19.0. The van der Waals surface area contributed by atoms with Gasteiger partial charge < -0.3 is 10.2 Å². The maximum Gasteiger partial charge on any atom is 0.264 e. The van der Waals surface area contributed by atoms with Gasteiger partial charge in [-0.3, -0.25) is 13.9 Å². The van der Waals surface area contributed by atoms with Crippen molar-refractivity contribution in [3.05, 3.63) is 129 Å². The second-order valence-electron chi connectivity index (χ2n) is 10.9. The highest BCUT2D eigenvalue weighted by atomic mass is 35.5. The van der Waals surface area contributed by atoms with Crippen LogP contribution in [0.15, 0.2) is 108 Å². The van der Waals surface area contributed by atoms with Gasteiger partial charge in [-0.05, 0) is 53.4 Å².